The number of ether oxygens (including phenoxy) is 1. The van der Waals surface area contributed by atoms with Gasteiger partial charge in [-0.05, 0) is 45.3 Å². The van der Waals surface area contributed by atoms with Crippen LogP contribution >= 0.6 is 0 Å². The Morgan fingerprint density at radius 2 is 1.72 bits per heavy atom. The number of hydrogen-bond acceptors (Lipinski definition) is 4. The first-order chi connectivity index (χ1) is 11.7. The van der Waals surface area contributed by atoms with E-state index in [9.17, 15) is 4.79 Å². The topological polar surface area (TPSA) is 51.2 Å². The van der Waals surface area contributed by atoms with E-state index in [-0.39, 0.29) is 17.2 Å². The molecule has 7 heteroatoms. The van der Waals surface area contributed by atoms with Crippen LogP contribution in [0.2, 0.25) is 0 Å². The summed E-state index contributed by atoms with van der Waals surface area (Å²) in [4.78, 5) is 16.1. The van der Waals surface area contributed by atoms with Crippen LogP contribution in [-0.2, 0) is 14.0 Å². The van der Waals surface area contributed by atoms with Crippen LogP contribution in [0.4, 0.5) is 10.5 Å². The van der Waals surface area contributed by atoms with Gasteiger partial charge < -0.3 is 18.9 Å². The Hall–Kier alpha value is -1.57. The molecule has 2 fully saturated rings. The number of hydrogen-bond donors (Lipinski definition) is 0. The van der Waals surface area contributed by atoms with Crippen LogP contribution in [0, 0.1) is 0 Å². The molecule has 0 spiro atoms. The van der Waals surface area contributed by atoms with E-state index in [1.54, 1.807) is 11.9 Å². The SMILES string of the molecule is CN(C(=O)N1CCOCC1)c1cccc(B2OC(C)(C)C(C)(C)O2)c1. The number of benzene rings is 1. The van der Waals surface area contributed by atoms with Crippen molar-refractivity contribution >= 4 is 24.3 Å². The van der Waals surface area contributed by atoms with Gasteiger partial charge in [0, 0.05) is 25.8 Å². The molecule has 0 aliphatic carbocycles. The molecular formula is C18H27BN2O4. The molecule has 0 saturated carbocycles. The Morgan fingerprint density at radius 3 is 2.32 bits per heavy atom. The van der Waals surface area contributed by atoms with Crippen molar-refractivity contribution in [2.75, 3.05) is 38.3 Å². The zero-order valence-electron chi connectivity index (χ0n) is 15.7. The van der Waals surface area contributed by atoms with Crippen molar-refractivity contribution in [3.63, 3.8) is 0 Å². The number of carbonyl (C=O) groups is 1. The minimum absolute atomic E-state index is 0.0191. The van der Waals surface area contributed by atoms with Gasteiger partial charge in [-0.15, -0.1) is 0 Å². The minimum atomic E-state index is -0.433. The van der Waals surface area contributed by atoms with Crippen molar-refractivity contribution in [2.24, 2.45) is 0 Å². The second-order valence-electron chi connectivity index (χ2n) is 7.62. The molecule has 2 aliphatic heterocycles. The van der Waals surface area contributed by atoms with Crippen LogP contribution in [0.1, 0.15) is 27.7 Å². The summed E-state index contributed by atoms with van der Waals surface area (Å²) >= 11 is 0. The maximum Gasteiger partial charge on any atom is 0.494 e. The number of carbonyl (C=O) groups excluding carboxylic acids is 1. The summed E-state index contributed by atoms with van der Waals surface area (Å²) < 4.78 is 17.5. The molecule has 2 aliphatic rings. The number of nitrogens with zero attached hydrogens (tertiary/aromatic N) is 2. The van der Waals surface area contributed by atoms with Crippen molar-refractivity contribution in [1.82, 2.24) is 4.90 Å². The first-order valence-electron chi connectivity index (χ1n) is 8.77. The summed E-state index contributed by atoms with van der Waals surface area (Å²) in [6.45, 7) is 10.6. The van der Waals surface area contributed by atoms with E-state index in [4.69, 9.17) is 14.0 Å². The van der Waals surface area contributed by atoms with Crippen LogP contribution in [0.15, 0.2) is 24.3 Å². The Bertz CT molecular complexity index is 628. The third-order valence-electron chi connectivity index (χ3n) is 5.35. The van der Waals surface area contributed by atoms with Crippen LogP contribution in [0.3, 0.4) is 0 Å². The number of anilines is 1. The molecule has 3 rings (SSSR count). The highest BCUT2D eigenvalue weighted by Gasteiger charge is 2.51. The van der Waals surface area contributed by atoms with Crippen LogP contribution in [0.25, 0.3) is 0 Å². The Labute approximate surface area is 150 Å². The molecule has 0 aromatic heterocycles. The number of morpholine rings is 1. The summed E-state index contributed by atoms with van der Waals surface area (Å²) in [6, 6.07) is 7.76. The van der Waals surface area contributed by atoms with Gasteiger partial charge in [-0.25, -0.2) is 4.79 Å². The van der Waals surface area contributed by atoms with E-state index in [0.29, 0.717) is 26.3 Å². The van der Waals surface area contributed by atoms with Gasteiger partial charge in [-0.3, -0.25) is 4.90 Å². The maximum atomic E-state index is 12.7. The second-order valence-corrected chi connectivity index (χ2v) is 7.62. The highest BCUT2D eigenvalue weighted by Crippen LogP contribution is 2.36. The molecule has 25 heavy (non-hydrogen) atoms. The van der Waals surface area contributed by atoms with Gasteiger partial charge in [0.05, 0.1) is 24.4 Å². The smallest absolute Gasteiger partial charge is 0.399 e. The Balaban J connectivity index is 1.76. The molecule has 1 aromatic rings. The monoisotopic (exact) mass is 346 g/mol. The van der Waals surface area contributed by atoms with Gasteiger partial charge in [-0.1, -0.05) is 12.1 Å². The molecule has 2 heterocycles. The highest BCUT2D eigenvalue weighted by atomic mass is 16.7. The second kappa shape index (κ2) is 6.63. The van der Waals surface area contributed by atoms with E-state index in [2.05, 4.69) is 0 Å². The lowest BCUT2D eigenvalue weighted by Crippen LogP contribution is -2.47. The van der Waals surface area contributed by atoms with Gasteiger partial charge in [0.15, 0.2) is 0 Å². The van der Waals surface area contributed by atoms with E-state index >= 15 is 0 Å². The Kier molecular flexibility index (Phi) is 4.83. The van der Waals surface area contributed by atoms with E-state index in [1.807, 2.05) is 56.9 Å². The lowest BCUT2D eigenvalue weighted by molar-refractivity contribution is 0.00578. The zero-order valence-corrected chi connectivity index (χ0v) is 15.7. The largest absolute Gasteiger partial charge is 0.494 e. The normalized spacial score (nSPS) is 22.1. The van der Waals surface area contributed by atoms with Gasteiger partial charge >= 0.3 is 13.1 Å². The van der Waals surface area contributed by atoms with Gasteiger partial charge in [0.2, 0.25) is 0 Å². The summed E-state index contributed by atoms with van der Waals surface area (Å²) in [5.41, 5.74) is 0.966. The van der Waals surface area contributed by atoms with Crippen LogP contribution < -0.4 is 10.4 Å². The zero-order chi connectivity index (χ0) is 18.2. The minimum Gasteiger partial charge on any atom is -0.399 e. The molecule has 6 nitrogen and oxygen atoms in total. The van der Waals surface area contributed by atoms with Gasteiger partial charge in [0.1, 0.15) is 0 Å². The average molecular weight is 346 g/mol. The van der Waals surface area contributed by atoms with Crippen LogP contribution in [0.5, 0.6) is 0 Å². The van der Waals surface area contributed by atoms with E-state index in [0.717, 1.165) is 11.2 Å². The van der Waals surface area contributed by atoms with E-state index < -0.39 is 7.12 Å². The predicted octanol–water partition coefficient (Wildman–Crippen LogP) is 1.87. The molecule has 0 atom stereocenters. The standard InChI is InChI=1S/C18H27BN2O4/c1-17(2)18(3,4)25-19(24-17)14-7-6-8-15(13-14)20(5)16(22)21-9-11-23-12-10-21/h6-8,13H,9-12H2,1-5H3. The molecule has 1 aromatic carbocycles. The van der Waals surface area contributed by atoms with Crippen molar-refractivity contribution in [1.29, 1.82) is 0 Å². The molecular weight excluding hydrogens is 319 g/mol. The fourth-order valence-electron chi connectivity index (χ4n) is 2.94. The first kappa shape index (κ1) is 18.2. The highest BCUT2D eigenvalue weighted by molar-refractivity contribution is 6.62. The molecule has 0 radical (unpaired) electrons. The van der Waals surface area contributed by atoms with Gasteiger partial charge in [-0.2, -0.15) is 0 Å². The molecule has 0 N–H and O–H groups in total. The third-order valence-corrected chi connectivity index (χ3v) is 5.35. The molecule has 0 bridgehead atoms. The fourth-order valence-corrected chi connectivity index (χ4v) is 2.94. The quantitative estimate of drug-likeness (QED) is 0.768. The summed E-state index contributed by atoms with van der Waals surface area (Å²) in [7, 11) is 1.36. The summed E-state index contributed by atoms with van der Waals surface area (Å²) in [6.07, 6.45) is 0. The Morgan fingerprint density at radius 1 is 1.12 bits per heavy atom. The first-order valence-corrected chi connectivity index (χ1v) is 8.77. The number of urea groups is 1. The molecule has 2 amide bonds. The number of rotatable bonds is 2. The van der Waals surface area contributed by atoms with Crippen molar-refractivity contribution < 1.29 is 18.8 Å². The van der Waals surface area contributed by atoms with Gasteiger partial charge in [0.25, 0.3) is 0 Å². The summed E-state index contributed by atoms with van der Waals surface area (Å²) in [5, 5.41) is 0. The fraction of sp³-hybridized carbons (Fsp3) is 0.611. The molecule has 136 valence electrons. The average Bonchev–Trinajstić information content (AvgIpc) is 2.82. The molecule has 2 saturated heterocycles. The predicted molar refractivity (Wildman–Crippen MR) is 98.3 cm³/mol. The van der Waals surface area contributed by atoms with Crippen molar-refractivity contribution in [3.8, 4) is 0 Å². The van der Waals surface area contributed by atoms with E-state index in [1.165, 1.54) is 0 Å². The maximum absolute atomic E-state index is 12.7. The number of amides is 2. The van der Waals surface area contributed by atoms with Crippen molar-refractivity contribution in [3.05, 3.63) is 24.3 Å². The summed E-state index contributed by atoms with van der Waals surface area (Å²) in [5.74, 6) is 0. The van der Waals surface area contributed by atoms with Crippen molar-refractivity contribution in [2.45, 2.75) is 38.9 Å². The third kappa shape index (κ3) is 3.54. The lowest BCUT2D eigenvalue weighted by atomic mass is 9.79. The lowest BCUT2D eigenvalue weighted by Gasteiger charge is -2.32. The molecule has 0 unspecified atom stereocenters. The van der Waals surface area contributed by atoms with Crippen LogP contribution in [-0.4, -0.2) is 62.6 Å².